The molecule has 3 heteroatoms. The Hall–Kier alpha value is -1.35. The SMILES string of the molecule is Cc1sc(Cc2ccccc2)nc1N. The summed E-state index contributed by atoms with van der Waals surface area (Å²) in [7, 11) is 0. The first kappa shape index (κ1) is 9.21. The number of nitrogens with zero attached hydrogens (tertiary/aromatic N) is 1. The topological polar surface area (TPSA) is 38.9 Å². The number of aryl methyl sites for hydroxylation is 1. The van der Waals surface area contributed by atoms with Crippen LogP contribution in [0.25, 0.3) is 0 Å². The summed E-state index contributed by atoms with van der Waals surface area (Å²) < 4.78 is 0. The number of hydrogen-bond acceptors (Lipinski definition) is 3. The molecule has 0 saturated carbocycles. The first-order valence-corrected chi connectivity index (χ1v) is 5.33. The molecule has 72 valence electrons. The third-order valence-electron chi connectivity index (χ3n) is 2.07. The molecule has 0 fully saturated rings. The Morgan fingerprint density at radius 1 is 1.29 bits per heavy atom. The van der Waals surface area contributed by atoms with E-state index in [-0.39, 0.29) is 0 Å². The van der Waals surface area contributed by atoms with Gasteiger partial charge in [-0.1, -0.05) is 30.3 Å². The van der Waals surface area contributed by atoms with Crippen molar-refractivity contribution in [1.29, 1.82) is 0 Å². The molecule has 0 aliphatic carbocycles. The number of hydrogen-bond donors (Lipinski definition) is 1. The zero-order valence-electron chi connectivity index (χ0n) is 8.03. The van der Waals surface area contributed by atoms with E-state index in [0.29, 0.717) is 5.82 Å². The van der Waals surface area contributed by atoms with Crippen molar-refractivity contribution in [2.75, 3.05) is 5.73 Å². The number of nitrogens with two attached hydrogens (primary N) is 1. The van der Waals surface area contributed by atoms with Gasteiger partial charge in [-0.15, -0.1) is 11.3 Å². The number of thiazole rings is 1. The molecule has 0 amide bonds. The van der Waals surface area contributed by atoms with Crippen molar-refractivity contribution in [1.82, 2.24) is 4.98 Å². The van der Waals surface area contributed by atoms with Crippen LogP contribution in [0.5, 0.6) is 0 Å². The van der Waals surface area contributed by atoms with E-state index >= 15 is 0 Å². The van der Waals surface area contributed by atoms with Crippen LogP contribution in [0.2, 0.25) is 0 Å². The fraction of sp³-hybridized carbons (Fsp3) is 0.182. The lowest BCUT2D eigenvalue weighted by Gasteiger charge is -1.95. The van der Waals surface area contributed by atoms with Gasteiger partial charge < -0.3 is 5.73 Å². The average Bonchev–Trinajstić information content (AvgIpc) is 2.47. The fourth-order valence-electron chi connectivity index (χ4n) is 1.31. The lowest BCUT2D eigenvalue weighted by Crippen LogP contribution is -1.89. The molecule has 0 aliphatic heterocycles. The van der Waals surface area contributed by atoms with Crippen LogP contribution in [0.1, 0.15) is 15.4 Å². The van der Waals surface area contributed by atoms with E-state index in [4.69, 9.17) is 5.73 Å². The molecule has 0 radical (unpaired) electrons. The molecule has 2 N–H and O–H groups in total. The zero-order chi connectivity index (χ0) is 9.97. The van der Waals surface area contributed by atoms with Gasteiger partial charge >= 0.3 is 0 Å². The molecule has 0 spiro atoms. The van der Waals surface area contributed by atoms with Gasteiger partial charge in [0.1, 0.15) is 5.82 Å². The van der Waals surface area contributed by atoms with Crippen molar-refractivity contribution in [3.8, 4) is 0 Å². The summed E-state index contributed by atoms with van der Waals surface area (Å²) in [6, 6.07) is 10.3. The lowest BCUT2D eigenvalue weighted by molar-refractivity contribution is 1.14. The Balaban J connectivity index is 2.19. The molecule has 1 aromatic heterocycles. The largest absolute Gasteiger partial charge is 0.383 e. The molecule has 1 aromatic carbocycles. The van der Waals surface area contributed by atoms with Gasteiger partial charge in [-0.05, 0) is 12.5 Å². The quantitative estimate of drug-likeness (QED) is 0.816. The van der Waals surface area contributed by atoms with E-state index < -0.39 is 0 Å². The molecule has 14 heavy (non-hydrogen) atoms. The van der Waals surface area contributed by atoms with E-state index in [9.17, 15) is 0 Å². The Kier molecular flexibility index (Phi) is 2.50. The van der Waals surface area contributed by atoms with Gasteiger partial charge in [0.05, 0.1) is 5.01 Å². The number of benzene rings is 1. The summed E-state index contributed by atoms with van der Waals surface area (Å²) in [5, 5.41) is 1.09. The van der Waals surface area contributed by atoms with Crippen molar-refractivity contribution in [2.24, 2.45) is 0 Å². The normalized spacial score (nSPS) is 10.4. The second-order valence-electron chi connectivity index (χ2n) is 3.21. The maximum atomic E-state index is 5.69. The van der Waals surface area contributed by atoms with Gasteiger partial charge in [-0.2, -0.15) is 0 Å². The molecule has 0 unspecified atom stereocenters. The van der Waals surface area contributed by atoms with Gasteiger partial charge in [0.15, 0.2) is 0 Å². The molecule has 2 nitrogen and oxygen atoms in total. The van der Waals surface area contributed by atoms with Gasteiger partial charge in [0.2, 0.25) is 0 Å². The predicted molar refractivity (Wildman–Crippen MR) is 60.5 cm³/mol. The first-order valence-electron chi connectivity index (χ1n) is 4.51. The van der Waals surface area contributed by atoms with Gasteiger partial charge in [0, 0.05) is 11.3 Å². The van der Waals surface area contributed by atoms with Crippen LogP contribution in [-0.2, 0) is 6.42 Å². The smallest absolute Gasteiger partial charge is 0.137 e. The Bertz CT molecular complexity index is 401. The van der Waals surface area contributed by atoms with E-state index in [1.54, 1.807) is 11.3 Å². The summed E-state index contributed by atoms with van der Waals surface area (Å²) in [6.45, 7) is 2.00. The van der Waals surface area contributed by atoms with Crippen molar-refractivity contribution in [2.45, 2.75) is 13.3 Å². The highest BCUT2D eigenvalue weighted by molar-refractivity contribution is 7.12. The zero-order valence-corrected chi connectivity index (χ0v) is 8.84. The maximum absolute atomic E-state index is 5.69. The summed E-state index contributed by atoms with van der Waals surface area (Å²) in [5.74, 6) is 0.668. The third kappa shape index (κ3) is 1.93. The first-order chi connectivity index (χ1) is 6.75. The molecular weight excluding hydrogens is 192 g/mol. The minimum Gasteiger partial charge on any atom is -0.383 e. The lowest BCUT2D eigenvalue weighted by atomic mass is 10.2. The summed E-state index contributed by atoms with van der Waals surface area (Å²) in [5.41, 5.74) is 6.97. The highest BCUT2D eigenvalue weighted by Gasteiger charge is 2.04. The number of anilines is 1. The number of rotatable bonds is 2. The molecule has 0 saturated heterocycles. The molecular formula is C11H12N2S. The monoisotopic (exact) mass is 204 g/mol. The summed E-state index contributed by atoms with van der Waals surface area (Å²) in [6.07, 6.45) is 0.879. The second kappa shape index (κ2) is 3.80. The molecule has 2 aromatic rings. The molecule has 1 heterocycles. The van der Waals surface area contributed by atoms with E-state index in [2.05, 4.69) is 17.1 Å². The van der Waals surface area contributed by atoms with Crippen molar-refractivity contribution in [3.05, 3.63) is 45.8 Å². The Morgan fingerprint density at radius 3 is 2.57 bits per heavy atom. The minimum absolute atomic E-state index is 0.668. The summed E-state index contributed by atoms with van der Waals surface area (Å²) >= 11 is 1.67. The molecule has 0 atom stereocenters. The molecule has 0 aliphatic rings. The van der Waals surface area contributed by atoms with Crippen LogP contribution < -0.4 is 5.73 Å². The van der Waals surface area contributed by atoms with Crippen molar-refractivity contribution in [3.63, 3.8) is 0 Å². The highest BCUT2D eigenvalue weighted by Crippen LogP contribution is 2.21. The van der Waals surface area contributed by atoms with E-state index in [1.807, 2.05) is 25.1 Å². The molecule has 2 rings (SSSR count). The van der Waals surface area contributed by atoms with Gasteiger partial charge in [0.25, 0.3) is 0 Å². The second-order valence-corrected chi connectivity index (χ2v) is 4.50. The van der Waals surface area contributed by atoms with Gasteiger partial charge in [-0.25, -0.2) is 4.98 Å². The van der Waals surface area contributed by atoms with Crippen LogP contribution in [0.15, 0.2) is 30.3 Å². The van der Waals surface area contributed by atoms with Crippen LogP contribution in [0.4, 0.5) is 5.82 Å². The highest BCUT2D eigenvalue weighted by atomic mass is 32.1. The third-order valence-corrected chi connectivity index (χ3v) is 3.06. The number of nitrogen functional groups attached to an aromatic ring is 1. The minimum atomic E-state index is 0.668. The number of aromatic nitrogens is 1. The van der Waals surface area contributed by atoms with Gasteiger partial charge in [-0.3, -0.25) is 0 Å². The average molecular weight is 204 g/mol. The van der Waals surface area contributed by atoms with Crippen LogP contribution in [0.3, 0.4) is 0 Å². The summed E-state index contributed by atoms with van der Waals surface area (Å²) in [4.78, 5) is 5.41. The Labute approximate surface area is 87.4 Å². The molecule has 0 bridgehead atoms. The van der Waals surface area contributed by atoms with E-state index in [0.717, 1.165) is 16.3 Å². The predicted octanol–water partition coefficient (Wildman–Crippen LogP) is 2.62. The standard InChI is InChI=1S/C11H12N2S/c1-8-11(12)13-10(14-8)7-9-5-3-2-4-6-9/h2-6H,7,12H2,1H3. The Morgan fingerprint density at radius 2 is 2.00 bits per heavy atom. The van der Waals surface area contributed by atoms with Crippen LogP contribution in [0, 0.1) is 6.92 Å². The van der Waals surface area contributed by atoms with Crippen molar-refractivity contribution >= 4 is 17.2 Å². The van der Waals surface area contributed by atoms with Crippen LogP contribution in [-0.4, -0.2) is 4.98 Å². The van der Waals surface area contributed by atoms with E-state index in [1.165, 1.54) is 5.56 Å². The van der Waals surface area contributed by atoms with Crippen LogP contribution >= 0.6 is 11.3 Å². The van der Waals surface area contributed by atoms with Crippen molar-refractivity contribution < 1.29 is 0 Å². The fourth-order valence-corrected chi connectivity index (χ4v) is 2.20. The maximum Gasteiger partial charge on any atom is 0.137 e.